The summed E-state index contributed by atoms with van der Waals surface area (Å²) in [6.07, 6.45) is 1.34. The molecule has 0 saturated heterocycles. The summed E-state index contributed by atoms with van der Waals surface area (Å²) in [6, 6.07) is 9.38. The SMILES string of the molecule is COc1cc(Nc2c(C#N)cnc3cc([N+](=O)[O-])ccc23)c(Cl)cc1Cl.Cl. The van der Waals surface area contributed by atoms with Gasteiger partial charge in [-0.2, -0.15) is 5.26 Å². The molecule has 138 valence electrons. The summed E-state index contributed by atoms with van der Waals surface area (Å²) in [7, 11) is 1.47. The van der Waals surface area contributed by atoms with Crippen LogP contribution in [-0.4, -0.2) is 17.0 Å². The van der Waals surface area contributed by atoms with Gasteiger partial charge in [-0.15, -0.1) is 12.4 Å². The third kappa shape index (κ3) is 3.98. The molecule has 0 bridgehead atoms. The molecule has 0 aliphatic rings. The monoisotopic (exact) mass is 424 g/mol. The van der Waals surface area contributed by atoms with Crippen LogP contribution in [0.3, 0.4) is 0 Å². The summed E-state index contributed by atoms with van der Waals surface area (Å²) in [6.45, 7) is 0. The van der Waals surface area contributed by atoms with Gasteiger partial charge in [-0.3, -0.25) is 15.1 Å². The van der Waals surface area contributed by atoms with E-state index in [-0.39, 0.29) is 23.7 Å². The van der Waals surface area contributed by atoms with Crippen LogP contribution in [0.4, 0.5) is 17.1 Å². The van der Waals surface area contributed by atoms with Crippen LogP contribution in [0.1, 0.15) is 5.56 Å². The summed E-state index contributed by atoms with van der Waals surface area (Å²) in [5, 5.41) is 24.6. The van der Waals surface area contributed by atoms with Gasteiger partial charge in [0.1, 0.15) is 11.8 Å². The fraction of sp³-hybridized carbons (Fsp3) is 0.0588. The number of hydrogen-bond donors (Lipinski definition) is 1. The number of nitrogens with one attached hydrogen (secondary N) is 1. The molecule has 27 heavy (non-hydrogen) atoms. The van der Waals surface area contributed by atoms with E-state index in [9.17, 15) is 15.4 Å². The zero-order valence-electron chi connectivity index (χ0n) is 13.7. The quantitative estimate of drug-likeness (QED) is 0.438. The fourth-order valence-corrected chi connectivity index (χ4v) is 2.94. The molecule has 1 aromatic heterocycles. The van der Waals surface area contributed by atoms with Crippen molar-refractivity contribution < 1.29 is 9.66 Å². The van der Waals surface area contributed by atoms with E-state index in [0.717, 1.165) is 0 Å². The number of methoxy groups -OCH3 is 1. The van der Waals surface area contributed by atoms with Gasteiger partial charge in [0.15, 0.2) is 0 Å². The maximum absolute atomic E-state index is 11.0. The van der Waals surface area contributed by atoms with E-state index in [1.165, 1.54) is 37.6 Å². The van der Waals surface area contributed by atoms with Gasteiger partial charge >= 0.3 is 0 Å². The second-order valence-corrected chi connectivity index (χ2v) is 6.02. The molecular formula is C17H11Cl3N4O3. The molecule has 1 heterocycles. The molecule has 0 spiro atoms. The highest BCUT2D eigenvalue weighted by Gasteiger charge is 2.15. The van der Waals surface area contributed by atoms with E-state index in [4.69, 9.17) is 27.9 Å². The van der Waals surface area contributed by atoms with Gasteiger partial charge in [0, 0.05) is 29.8 Å². The number of benzene rings is 2. The molecule has 0 aliphatic heterocycles. The number of nitrogens with zero attached hydrogens (tertiary/aromatic N) is 3. The molecule has 0 fully saturated rings. The van der Waals surface area contributed by atoms with Crippen molar-refractivity contribution in [3.05, 3.63) is 62.3 Å². The van der Waals surface area contributed by atoms with Gasteiger partial charge in [0.05, 0.1) is 44.5 Å². The Morgan fingerprint density at radius 2 is 2.00 bits per heavy atom. The van der Waals surface area contributed by atoms with E-state index in [1.54, 1.807) is 6.07 Å². The van der Waals surface area contributed by atoms with Crippen molar-refractivity contribution in [2.45, 2.75) is 0 Å². The Bertz CT molecular complexity index is 1080. The average molecular weight is 426 g/mol. The number of anilines is 2. The first-order valence-corrected chi connectivity index (χ1v) is 7.97. The van der Waals surface area contributed by atoms with Crippen molar-refractivity contribution in [2.24, 2.45) is 0 Å². The number of fused-ring (bicyclic) bond motifs is 1. The Hall–Kier alpha value is -2.79. The summed E-state index contributed by atoms with van der Waals surface area (Å²) in [5.41, 5.74) is 1.44. The highest BCUT2D eigenvalue weighted by atomic mass is 35.5. The third-order valence-electron chi connectivity index (χ3n) is 3.69. The summed E-state index contributed by atoms with van der Waals surface area (Å²) in [5.74, 6) is 0.408. The first-order valence-electron chi connectivity index (χ1n) is 7.22. The Kier molecular flexibility index (Phi) is 6.28. The molecule has 0 amide bonds. The predicted molar refractivity (Wildman–Crippen MR) is 107 cm³/mol. The minimum Gasteiger partial charge on any atom is -0.495 e. The number of rotatable bonds is 4. The van der Waals surface area contributed by atoms with Gasteiger partial charge in [-0.1, -0.05) is 23.2 Å². The van der Waals surface area contributed by atoms with Crippen LogP contribution in [0.2, 0.25) is 10.0 Å². The van der Waals surface area contributed by atoms with E-state index in [0.29, 0.717) is 38.1 Å². The standard InChI is InChI=1S/C17H10Cl2N4O3.ClH/c1-26-16-6-15(12(18)5-13(16)19)22-17-9(7-20)8-21-14-4-10(23(24)25)2-3-11(14)17;/h2-6,8H,1H3,(H,21,22);1H. The zero-order valence-corrected chi connectivity index (χ0v) is 16.0. The van der Waals surface area contributed by atoms with E-state index >= 15 is 0 Å². The Balaban J connectivity index is 0.00000261. The normalized spacial score (nSPS) is 10.0. The van der Waals surface area contributed by atoms with Gasteiger partial charge in [-0.05, 0) is 12.1 Å². The third-order valence-corrected chi connectivity index (χ3v) is 4.29. The lowest BCUT2D eigenvalue weighted by Crippen LogP contribution is -1.99. The molecule has 0 unspecified atom stereocenters. The minimum atomic E-state index is -0.507. The van der Waals surface area contributed by atoms with Crippen LogP contribution in [0, 0.1) is 21.4 Å². The van der Waals surface area contributed by atoms with Gasteiger partial charge < -0.3 is 10.1 Å². The van der Waals surface area contributed by atoms with E-state index in [1.807, 2.05) is 6.07 Å². The number of nitro groups is 1. The summed E-state index contributed by atoms with van der Waals surface area (Å²) < 4.78 is 5.18. The second kappa shape index (κ2) is 8.27. The molecule has 3 aromatic rings. The maximum Gasteiger partial charge on any atom is 0.271 e. The number of nitriles is 1. The largest absolute Gasteiger partial charge is 0.495 e. The van der Waals surface area contributed by atoms with Crippen LogP contribution in [0.25, 0.3) is 10.9 Å². The van der Waals surface area contributed by atoms with Crippen molar-refractivity contribution in [3.63, 3.8) is 0 Å². The number of ether oxygens (including phenoxy) is 1. The van der Waals surface area contributed by atoms with Gasteiger partial charge in [-0.25, -0.2) is 0 Å². The molecule has 2 aromatic carbocycles. The Morgan fingerprint density at radius 1 is 1.26 bits per heavy atom. The van der Waals surface area contributed by atoms with Crippen LogP contribution in [-0.2, 0) is 0 Å². The van der Waals surface area contributed by atoms with Crippen molar-refractivity contribution >= 4 is 63.6 Å². The van der Waals surface area contributed by atoms with Crippen LogP contribution >= 0.6 is 35.6 Å². The smallest absolute Gasteiger partial charge is 0.271 e. The molecule has 7 nitrogen and oxygen atoms in total. The molecule has 0 radical (unpaired) electrons. The molecule has 0 atom stereocenters. The zero-order chi connectivity index (χ0) is 18.8. The number of aromatic nitrogens is 1. The number of nitro benzene ring substituents is 1. The minimum absolute atomic E-state index is 0. The van der Waals surface area contributed by atoms with E-state index in [2.05, 4.69) is 10.3 Å². The number of hydrogen-bond acceptors (Lipinski definition) is 6. The first kappa shape index (κ1) is 20.5. The van der Waals surface area contributed by atoms with Gasteiger partial charge in [0.25, 0.3) is 5.69 Å². The molecular weight excluding hydrogens is 415 g/mol. The number of non-ortho nitro benzene ring substituents is 1. The Labute approximate surface area is 170 Å². The highest BCUT2D eigenvalue weighted by molar-refractivity contribution is 6.37. The van der Waals surface area contributed by atoms with E-state index < -0.39 is 4.92 Å². The maximum atomic E-state index is 11.0. The van der Waals surface area contributed by atoms with Crippen LogP contribution in [0.15, 0.2) is 36.5 Å². The number of pyridine rings is 1. The van der Waals surface area contributed by atoms with Crippen LogP contribution < -0.4 is 10.1 Å². The average Bonchev–Trinajstić information content (AvgIpc) is 2.63. The summed E-state index contributed by atoms with van der Waals surface area (Å²) >= 11 is 12.3. The topological polar surface area (TPSA) is 101 Å². The Morgan fingerprint density at radius 3 is 2.63 bits per heavy atom. The molecule has 0 aliphatic carbocycles. The lowest BCUT2D eigenvalue weighted by Gasteiger charge is -2.14. The van der Waals surface area contributed by atoms with Crippen molar-refractivity contribution in [1.29, 1.82) is 5.26 Å². The molecule has 1 N–H and O–H groups in total. The molecule has 3 rings (SSSR count). The van der Waals surface area contributed by atoms with Crippen molar-refractivity contribution in [1.82, 2.24) is 4.98 Å². The number of halogens is 3. The fourth-order valence-electron chi connectivity index (χ4n) is 2.43. The first-order chi connectivity index (χ1) is 12.4. The lowest BCUT2D eigenvalue weighted by molar-refractivity contribution is -0.384. The lowest BCUT2D eigenvalue weighted by atomic mass is 10.1. The summed E-state index contributed by atoms with van der Waals surface area (Å²) in [4.78, 5) is 14.6. The van der Waals surface area contributed by atoms with Gasteiger partial charge in [0.2, 0.25) is 0 Å². The second-order valence-electron chi connectivity index (χ2n) is 5.21. The highest BCUT2D eigenvalue weighted by Crippen LogP contribution is 2.38. The molecule has 0 saturated carbocycles. The predicted octanol–water partition coefficient (Wildman–Crippen LogP) is 5.50. The molecule has 10 heteroatoms. The van der Waals surface area contributed by atoms with Crippen LogP contribution in [0.5, 0.6) is 5.75 Å². The van der Waals surface area contributed by atoms with Crippen molar-refractivity contribution in [2.75, 3.05) is 12.4 Å². The van der Waals surface area contributed by atoms with Crippen molar-refractivity contribution in [3.8, 4) is 11.8 Å².